The largest absolute Gasteiger partial charge is 0.116 e. The molecule has 1 aliphatic heterocycles. The molecule has 0 aromatic rings. The highest BCUT2D eigenvalue weighted by atomic mass is 14.3. The van der Waals surface area contributed by atoms with Crippen LogP contribution in [0.2, 0.25) is 11.6 Å². The summed E-state index contributed by atoms with van der Waals surface area (Å²) in [5, 5.41) is 0. The predicted molar refractivity (Wildman–Crippen MR) is 27.1 cm³/mol. The second-order valence-corrected chi connectivity index (χ2v) is 2.45. The van der Waals surface area contributed by atoms with Crippen LogP contribution in [-0.2, 0) is 0 Å². The molecule has 0 bridgehead atoms. The molecule has 0 amide bonds. The summed E-state index contributed by atoms with van der Waals surface area (Å²) >= 11 is 0. The summed E-state index contributed by atoms with van der Waals surface area (Å²) in [6.45, 7) is 0. The summed E-state index contributed by atoms with van der Waals surface area (Å²) < 4.78 is 0. The molecule has 0 spiro atoms. The smallest absolute Gasteiger partial charge is 0.0727 e. The maximum absolute atomic E-state index is 2.48. The van der Waals surface area contributed by atoms with Crippen molar-refractivity contribution in [2.75, 3.05) is 0 Å². The zero-order valence-electron chi connectivity index (χ0n) is 3.85. The zero-order valence-corrected chi connectivity index (χ0v) is 3.85. The number of hydrogen-bond donors (Lipinski definition) is 0. The van der Waals surface area contributed by atoms with Gasteiger partial charge in [0.1, 0.15) is 7.28 Å². The van der Waals surface area contributed by atoms with Crippen LogP contribution in [0.5, 0.6) is 0 Å². The first-order valence-corrected chi connectivity index (χ1v) is 2.82. The van der Waals surface area contributed by atoms with E-state index in [0.717, 1.165) is 11.6 Å². The Balaban J connectivity index is 2.09. The third-order valence-electron chi connectivity index (χ3n) is 1.98. The molecule has 1 saturated heterocycles. The van der Waals surface area contributed by atoms with E-state index in [1.54, 1.807) is 0 Å². The minimum Gasteiger partial charge on any atom is -0.0727 e. The fraction of sp³-hybridized carbons (Fsp3) is 1.00. The number of fused-ring (bicyclic) bond motifs is 1. The first kappa shape index (κ1) is 3.12. The molecule has 2 fully saturated rings. The van der Waals surface area contributed by atoms with Gasteiger partial charge in [-0.2, -0.15) is 0 Å². The molecule has 1 aliphatic carbocycles. The van der Waals surface area contributed by atoms with Gasteiger partial charge in [-0.3, -0.25) is 0 Å². The van der Waals surface area contributed by atoms with E-state index in [9.17, 15) is 0 Å². The topological polar surface area (TPSA) is 0 Å². The molecule has 2 unspecified atom stereocenters. The molecular formula is C5H8B. The Morgan fingerprint density at radius 3 is 2.00 bits per heavy atom. The molecule has 2 atom stereocenters. The predicted octanol–water partition coefficient (Wildman–Crippen LogP) is 1.47. The van der Waals surface area contributed by atoms with Gasteiger partial charge < -0.3 is 0 Å². The van der Waals surface area contributed by atoms with E-state index in [2.05, 4.69) is 7.28 Å². The first-order chi connectivity index (χ1) is 2.97. The summed E-state index contributed by atoms with van der Waals surface area (Å²) in [4.78, 5) is 0. The van der Waals surface area contributed by atoms with E-state index in [0.29, 0.717) is 0 Å². The Morgan fingerprint density at radius 2 is 1.83 bits per heavy atom. The molecule has 6 heavy (non-hydrogen) atoms. The van der Waals surface area contributed by atoms with Gasteiger partial charge in [-0.1, -0.05) is 30.9 Å². The van der Waals surface area contributed by atoms with E-state index in [4.69, 9.17) is 0 Å². The summed E-state index contributed by atoms with van der Waals surface area (Å²) in [5.41, 5.74) is 0. The van der Waals surface area contributed by atoms with Crippen LogP contribution in [0.25, 0.3) is 0 Å². The molecule has 1 heterocycles. The van der Waals surface area contributed by atoms with Gasteiger partial charge in [-0.15, -0.1) is 0 Å². The van der Waals surface area contributed by atoms with E-state index in [-0.39, 0.29) is 0 Å². The van der Waals surface area contributed by atoms with Gasteiger partial charge in [0.2, 0.25) is 0 Å². The lowest BCUT2D eigenvalue weighted by Crippen LogP contribution is -1.68. The standard InChI is InChI=1S/C5H8B/c1-2-4-5(3-1)6-4/h4-5H,1-3H2. The third kappa shape index (κ3) is 0.262. The Morgan fingerprint density at radius 1 is 1.17 bits per heavy atom. The Hall–Kier alpha value is 0.0649. The SMILES string of the molecule is [B]1C2CCCC12. The van der Waals surface area contributed by atoms with E-state index < -0.39 is 0 Å². The van der Waals surface area contributed by atoms with Crippen molar-refractivity contribution in [3.8, 4) is 0 Å². The monoisotopic (exact) mass is 79.1 g/mol. The van der Waals surface area contributed by atoms with Crippen LogP contribution in [0.15, 0.2) is 0 Å². The van der Waals surface area contributed by atoms with Gasteiger partial charge in [-0.25, -0.2) is 0 Å². The molecule has 0 nitrogen and oxygen atoms in total. The van der Waals surface area contributed by atoms with E-state index in [1.807, 2.05) is 0 Å². The highest BCUT2D eigenvalue weighted by Gasteiger charge is 2.41. The van der Waals surface area contributed by atoms with Gasteiger partial charge in [-0.05, 0) is 0 Å². The minimum atomic E-state index is 1.09. The second-order valence-electron chi connectivity index (χ2n) is 2.45. The molecule has 2 aliphatic rings. The van der Waals surface area contributed by atoms with Crippen LogP contribution in [0.4, 0.5) is 0 Å². The highest BCUT2D eigenvalue weighted by molar-refractivity contribution is 6.54. The summed E-state index contributed by atoms with van der Waals surface area (Å²) in [6, 6.07) is 0. The Bertz CT molecular complexity index is 62.3. The molecule has 1 heteroatoms. The van der Waals surface area contributed by atoms with Crippen molar-refractivity contribution >= 4 is 7.28 Å². The molecule has 2 rings (SSSR count). The van der Waals surface area contributed by atoms with Crippen LogP contribution in [0, 0.1) is 0 Å². The average Bonchev–Trinajstić information content (AvgIpc) is 2.17. The molecule has 0 aromatic heterocycles. The molecule has 31 valence electrons. The summed E-state index contributed by atoms with van der Waals surface area (Å²) in [6.07, 6.45) is 4.52. The summed E-state index contributed by atoms with van der Waals surface area (Å²) in [5.74, 6) is 2.18. The molecule has 0 aromatic carbocycles. The van der Waals surface area contributed by atoms with Crippen LogP contribution < -0.4 is 0 Å². The van der Waals surface area contributed by atoms with Gasteiger partial charge in [0, 0.05) is 0 Å². The third-order valence-corrected chi connectivity index (χ3v) is 1.98. The van der Waals surface area contributed by atoms with Crippen molar-refractivity contribution < 1.29 is 0 Å². The summed E-state index contributed by atoms with van der Waals surface area (Å²) in [7, 11) is 2.48. The number of rotatable bonds is 0. The maximum atomic E-state index is 2.48. The molecule has 0 N–H and O–H groups in total. The first-order valence-electron chi connectivity index (χ1n) is 2.82. The van der Waals surface area contributed by atoms with Gasteiger partial charge in [0.25, 0.3) is 0 Å². The van der Waals surface area contributed by atoms with Crippen molar-refractivity contribution in [2.24, 2.45) is 0 Å². The molecule has 1 saturated carbocycles. The van der Waals surface area contributed by atoms with Crippen LogP contribution in [-0.4, -0.2) is 7.28 Å². The van der Waals surface area contributed by atoms with Crippen molar-refractivity contribution in [2.45, 2.75) is 30.9 Å². The Labute approximate surface area is 39.2 Å². The highest BCUT2D eigenvalue weighted by Crippen LogP contribution is 2.54. The maximum Gasteiger partial charge on any atom is 0.116 e. The lowest BCUT2D eigenvalue weighted by atomic mass is 9.91. The van der Waals surface area contributed by atoms with Crippen molar-refractivity contribution in [3.63, 3.8) is 0 Å². The van der Waals surface area contributed by atoms with Crippen molar-refractivity contribution in [1.82, 2.24) is 0 Å². The average molecular weight is 78.9 g/mol. The van der Waals surface area contributed by atoms with Gasteiger partial charge >= 0.3 is 0 Å². The fourth-order valence-electron chi connectivity index (χ4n) is 1.46. The van der Waals surface area contributed by atoms with E-state index in [1.165, 1.54) is 19.3 Å². The second kappa shape index (κ2) is 0.826. The Kier molecular flexibility index (Phi) is 0.429. The van der Waals surface area contributed by atoms with Gasteiger partial charge in [0.05, 0.1) is 0 Å². The van der Waals surface area contributed by atoms with Crippen molar-refractivity contribution in [3.05, 3.63) is 0 Å². The van der Waals surface area contributed by atoms with Crippen molar-refractivity contribution in [1.29, 1.82) is 0 Å². The molecular weight excluding hydrogens is 70.9 g/mol. The lowest BCUT2D eigenvalue weighted by molar-refractivity contribution is 0.868. The van der Waals surface area contributed by atoms with Crippen LogP contribution in [0.3, 0.4) is 0 Å². The zero-order chi connectivity index (χ0) is 3.98. The normalized spacial score (nSPS) is 50.7. The van der Waals surface area contributed by atoms with Crippen LogP contribution >= 0.6 is 0 Å². The lowest BCUT2D eigenvalue weighted by Gasteiger charge is -1.80. The quantitative estimate of drug-likeness (QED) is 0.385. The van der Waals surface area contributed by atoms with E-state index >= 15 is 0 Å². The van der Waals surface area contributed by atoms with Crippen LogP contribution in [0.1, 0.15) is 19.3 Å². The minimum absolute atomic E-state index is 1.09. The molecule has 1 radical (unpaired) electrons. The van der Waals surface area contributed by atoms with Gasteiger partial charge in [0.15, 0.2) is 0 Å². The fourth-order valence-corrected chi connectivity index (χ4v) is 1.46. The number of hydrogen-bond acceptors (Lipinski definition) is 0.